The lowest BCUT2D eigenvalue weighted by atomic mass is 9.80. The first-order valence-electron chi connectivity index (χ1n) is 10.4. The molecule has 0 radical (unpaired) electrons. The number of sulfonamides is 1. The van der Waals surface area contributed by atoms with E-state index in [1.165, 1.54) is 12.1 Å². The minimum absolute atomic E-state index is 0.0129. The molecule has 8 heteroatoms. The minimum atomic E-state index is -3.57. The number of hydrogen-bond donors (Lipinski definition) is 3. The van der Waals surface area contributed by atoms with Crippen molar-refractivity contribution in [2.75, 3.05) is 5.32 Å². The Morgan fingerprint density at radius 3 is 2.40 bits per heavy atom. The molecule has 3 rings (SSSR count). The van der Waals surface area contributed by atoms with E-state index in [2.05, 4.69) is 34.2 Å². The molecular formula is C22H30N4O3S. The summed E-state index contributed by atoms with van der Waals surface area (Å²) < 4.78 is 28.2. The van der Waals surface area contributed by atoms with Crippen molar-refractivity contribution >= 4 is 21.7 Å². The average Bonchev–Trinajstić information content (AvgIpc) is 2.73. The minimum Gasteiger partial charge on any atom is -0.334 e. The zero-order chi connectivity index (χ0) is 21.6. The topological polar surface area (TPSA) is 100 Å². The molecule has 0 saturated heterocycles. The van der Waals surface area contributed by atoms with Crippen molar-refractivity contribution in [2.24, 2.45) is 11.8 Å². The van der Waals surface area contributed by atoms with E-state index in [9.17, 15) is 13.2 Å². The number of nitrogens with zero attached hydrogens (tertiary/aromatic N) is 1. The van der Waals surface area contributed by atoms with Gasteiger partial charge in [-0.15, -0.1) is 0 Å². The Hall–Kier alpha value is -2.45. The number of urea groups is 1. The van der Waals surface area contributed by atoms with Gasteiger partial charge in [-0.2, -0.15) is 0 Å². The van der Waals surface area contributed by atoms with E-state index in [1.807, 2.05) is 6.07 Å². The van der Waals surface area contributed by atoms with Gasteiger partial charge in [0.15, 0.2) is 0 Å². The number of benzene rings is 1. The molecule has 2 amide bonds. The maximum Gasteiger partial charge on any atom is 0.319 e. The van der Waals surface area contributed by atoms with Gasteiger partial charge in [0.25, 0.3) is 0 Å². The van der Waals surface area contributed by atoms with E-state index in [-0.39, 0.29) is 17.0 Å². The molecule has 2 aromatic rings. The highest BCUT2D eigenvalue weighted by Crippen LogP contribution is 2.30. The number of carbonyl (C=O) groups excluding carboxylic acids is 1. The largest absolute Gasteiger partial charge is 0.334 e. The normalized spacial score (nSPS) is 19.4. The van der Waals surface area contributed by atoms with Crippen molar-refractivity contribution in [1.82, 2.24) is 15.0 Å². The predicted octanol–water partition coefficient (Wildman–Crippen LogP) is 3.90. The molecule has 30 heavy (non-hydrogen) atoms. The summed E-state index contributed by atoms with van der Waals surface area (Å²) >= 11 is 0. The molecular weight excluding hydrogens is 400 g/mol. The summed E-state index contributed by atoms with van der Waals surface area (Å²) in [6.45, 7) is 4.81. The lowest BCUT2D eigenvalue weighted by molar-refractivity contribution is 0.251. The quantitative estimate of drug-likeness (QED) is 0.620. The summed E-state index contributed by atoms with van der Waals surface area (Å²) in [6.07, 6.45) is 7.22. The van der Waals surface area contributed by atoms with E-state index in [0.29, 0.717) is 24.1 Å². The van der Waals surface area contributed by atoms with E-state index < -0.39 is 10.0 Å². The van der Waals surface area contributed by atoms with Crippen LogP contribution in [0.3, 0.4) is 0 Å². The Morgan fingerprint density at radius 2 is 1.80 bits per heavy atom. The number of anilines is 1. The highest BCUT2D eigenvalue weighted by atomic mass is 32.2. The number of aromatic nitrogens is 1. The Bertz CT molecular complexity index is 923. The van der Waals surface area contributed by atoms with Crippen LogP contribution in [0.15, 0.2) is 53.7 Å². The SMILES string of the molecule is CC(C)C1CCC(NS(=O)(=O)c2ccc(NC(=O)NCc3cccnc3)cc2)CC1. The number of amides is 2. The molecule has 3 N–H and O–H groups in total. The molecule has 1 saturated carbocycles. The van der Waals surface area contributed by atoms with Crippen molar-refractivity contribution in [3.63, 3.8) is 0 Å². The summed E-state index contributed by atoms with van der Waals surface area (Å²) in [4.78, 5) is 16.2. The first kappa shape index (κ1) is 22.2. The fraction of sp³-hybridized carbons (Fsp3) is 0.455. The monoisotopic (exact) mass is 430 g/mol. The maximum atomic E-state index is 12.7. The third-order valence-corrected chi connectivity index (χ3v) is 7.17. The van der Waals surface area contributed by atoms with Gasteiger partial charge >= 0.3 is 6.03 Å². The number of nitrogens with one attached hydrogen (secondary N) is 3. The Kier molecular flexibility index (Phi) is 7.44. The molecule has 0 bridgehead atoms. The Balaban J connectivity index is 1.51. The predicted molar refractivity (Wildman–Crippen MR) is 117 cm³/mol. The molecule has 1 aromatic carbocycles. The summed E-state index contributed by atoms with van der Waals surface area (Å²) in [7, 11) is -3.57. The summed E-state index contributed by atoms with van der Waals surface area (Å²) in [5, 5.41) is 5.44. The second-order valence-corrected chi connectivity index (χ2v) is 9.88. The van der Waals surface area contributed by atoms with Gasteiger partial charge in [0.2, 0.25) is 10.0 Å². The lowest BCUT2D eigenvalue weighted by Gasteiger charge is -2.31. The van der Waals surface area contributed by atoms with Crippen LogP contribution >= 0.6 is 0 Å². The van der Waals surface area contributed by atoms with E-state index in [4.69, 9.17) is 0 Å². The van der Waals surface area contributed by atoms with Gasteiger partial charge in [0, 0.05) is 30.7 Å². The molecule has 162 valence electrons. The van der Waals surface area contributed by atoms with Crippen LogP contribution < -0.4 is 15.4 Å². The third kappa shape index (κ3) is 6.27. The molecule has 1 aliphatic rings. The van der Waals surface area contributed by atoms with Gasteiger partial charge in [-0.1, -0.05) is 19.9 Å². The van der Waals surface area contributed by atoms with Crippen LogP contribution in [0.2, 0.25) is 0 Å². The number of rotatable bonds is 7. The molecule has 0 aliphatic heterocycles. The number of hydrogen-bond acceptors (Lipinski definition) is 4. The van der Waals surface area contributed by atoms with Gasteiger partial charge in [-0.25, -0.2) is 17.9 Å². The number of pyridine rings is 1. The molecule has 1 aromatic heterocycles. The molecule has 0 atom stereocenters. The molecule has 1 heterocycles. The van der Waals surface area contributed by atoms with Gasteiger partial charge in [-0.05, 0) is 73.4 Å². The zero-order valence-corrected chi connectivity index (χ0v) is 18.3. The van der Waals surface area contributed by atoms with E-state index in [0.717, 1.165) is 31.2 Å². The molecule has 1 fully saturated rings. The molecule has 0 spiro atoms. The van der Waals surface area contributed by atoms with Crippen LogP contribution in [0.4, 0.5) is 10.5 Å². The van der Waals surface area contributed by atoms with Crippen molar-refractivity contribution in [2.45, 2.75) is 57.0 Å². The van der Waals surface area contributed by atoms with Crippen LogP contribution in [0, 0.1) is 11.8 Å². The first-order valence-corrected chi connectivity index (χ1v) is 11.9. The molecule has 0 unspecified atom stereocenters. The summed E-state index contributed by atoms with van der Waals surface area (Å²) in [5.74, 6) is 1.32. The summed E-state index contributed by atoms with van der Waals surface area (Å²) in [5.41, 5.74) is 1.41. The van der Waals surface area contributed by atoms with Crippen LogP contribution in [0.25, 0.3) is 0 Å². The Labute approximate surface area is 178 Å². The van der Waals surface area contributed by atoms with Crippen molar-refractivity contribution in [1.29, 1.82) is 0 Å². The van der Waals surface area contributed by atoms with Crippen LogP contribution in [-0.4, -0.2) is 25.5 Å². The first-order chi connectivity index (χ1) is 14.3. The smallest absolute Gasteiger partial charge is 0.319 e. The van der Waals surface area contributed by atoms with Crippen molar-refractivity contribution < 1.29 is 13.2 Å². The highest BCUT2D eigenvalue weighted by molar-refractivity contribution is 7.89. The second kappa shape index (κ2) is 10.0. The molecule has 1 aliphatic carbocycles. The van der Waals surface area contributed by atoms with Crippen LogP contribution in [0.1, 0.15) is 45.1 Å². The standard InChI is InChI=1S/C22H30N4O3S/c1-16(2)18-5-7-20(8-6-18)26-30(28,29)21-11-9-19(10-12-21)25-22(27)24-15-17-4-3-13-23-14-17/h3-4,9-14,16,18,20,26H,5-8,15H2,1-2H3,(H2,24,25,27). The maximum absolute atomic E-state index is 12.7. The second-order valence-electron chi connectivity index (χ2n) is 8.17. The fourth-order valence-corrected chi connectivity index (χ4v) is 5.07. The van der Waals surface area contributed by atoms with Crippen LogP contribution in [-0.2, 0) is 16.6 Å². The zero-order valence-electron chi connectivity index (χ0n) is 17.5. The molecule has 7 nitrogen and oxygen atoms in total. The van der Waals surface area contributed by atoms with Gasteiger partial charge in [-0.3, -0.25) is 4.98 Å². The highest BCUT2D eigenvalue weighted by Gasteiger charge is 2.27. The van der Waals surface area contributed by atoms with Gasteiger partial charge in [0.05, 0.1) is 4.90 Å². The van der Waals surface area contributed by atoms with E-state index >= 15 is 0 Å². The number of carbonyl (C=O) groups is 1. The van der Waals surface area contributed by atoms with Crippen molar-refractivity contribution in [3.05, 3.63) is 54.4 Å². The third-order valence-electron chi connectivity index (χ3n) is 5.63. The lowest BCUT2D eigenvalue weighted by Crippen LogP contribution is -2.38. The average molecular weight is 431 g/mol. The van der Waals surface area contributed by atoms with Gasteiger partial charge in [0.1, 0.15) is 0 Å². The Morgan fingerprint density at radius 1 is 1.10 bits per heavy atom. The van der Waals surface area contributed by atoms with Crippen LogP contribution in [0.5, 0.6) is 0 Å². The van der Waals surface area contributed by atoms with E-state index in [1.54, 1.807) is 30.6 Å². The summed E-state index contributed by atoms with van der Waals surface area (Å²) in [6, 6.07) is 9.50. The fourth-order valence-electron chi connectivity index (χ4n) is 3.77. The van der Waals surface area contributed by atoms with Crippen molar-refractivity contribution in [3.8, 4) is 0 Å². The van der Waals surface area contributed by atoms with Gasteiger partial charge < -0.3 is 10.6 Å².